The van der Waals surface area contributed by atoms with E-state index >= 15 is 0 Å². The minimum Gasteiger partial charge on any atom is -0.397 e. The largest absolute Gasteiger partial charge is 0.397 e. The first kappa shape index (κ1) is 13.5. The first-order chi connectivity index (χ1) is 8.63. The summed E-state index contributed by atoms with van der Waals surface area (Å²) in [5.41, 5.74) is 7.32. The van der Waals surface area contributed by atoms with Gasteiger partial charge in [-0.25, -0.2) is 4.39 Å². The monoisotopic (exact) mass is 270 g/mol. The molecule has 1 fully saturated rings. The van der Waals surface area contributed by atoms with Crippen LogP contribution in [0.15, 0.2) is 12.1 Å². The average molecular weight is 271 g/mol. The number of benzene rings is 1. The molecule has 1 atom stereocenters. The summed E-state index contributed by atoms with van der Waals surface area (Å²) in [6.07, 6.45) is 5.91. The fourth-order valence-electron chi connectivity index (χ4n) is 2.72. The smallest absolute Gasteiger partial charge is 0.143 e. The second-order valence-corrected chi connectivity index (χ2v) is 5.34. The molecule has 100 valence electrons. The van der Waals surface area contributed by atoms with Crippen LogP contribution in [0, 0.1) is 5.82 Å². The number of hydrogen-bond donors (Lipinski definition) is 1. The Hall–Kier alpha value is -0.960. The van der Waals surface area contributed by atoms with Crippen molar-refractivity contribution in [2.24, 2.45) is 0 Å². The predicted molar refractivity (Wildman–Crippen MR) is 75.7 cm³/mol. The first-order valence-electron chi connectivity index (χ1n) is 6.64. The van der Waals surface area contributed by atoms with Crippen LogP contribution in [0.3, 0.4) is 0 Å². The van der Waals surface area contributed by atoms with Crippen molar-refractivity contribution in [1.82, 2.24) is 0 Å². The lowest BCUT2D eigenvalue weighted by molar-refractivity contribution is 0.556. The Kier molecular flexibility index (Phi) is 4.33. The van der Waals surface area contributed by atoms with Gasteiger partial charge in [0.1, 0.15) is 5.82 Å². The minimum absolute atomic E-state index is 0.151. The zero-order valence-corrected chi connectivity index (χ0v) is 11.5. The molecule has 0 saturated carbocycles. The first-order valence-corrected chi connectivity index (χ1v) is 7.02. The standard InChI is InChI=1S/C14H20ClFN2/c1-2-10-6-4-3-5-7-18(10)14-8-11(15)12(16)9-13(14)17/h8-10H,2-7,17H2,1H3. The van der Waals surface area contributed by atoms with Gasteiger partial charge in [-0.3, -0.25) is 0 Å². The third kappa shape index (κ3) is 2.72. The Morgan fingerprint density at radius 2 is 2.17 bits per heavy atom. The molecule has 2 N–H and O–H groups in total. The van der Waals surface area contributed by atoms with Crippen LogP contribution in [-0.4, -0.2) is 12.6 Å². The van der Waals surface area contributed by atoms with E-state index in [0.29, 0.717) is 11.7 Å². The highest BCUT2D eigenvalue weighted by molar-refractivity contribution is 6.31. The van der Waals surface area contributed by atoms with Crippen molar-refractivity contribution in [3.63, 3.8) is 0 Å². The summed E-state index contributed by atoms with van der Waals surface area (Å²) in [6, 6.07) is 3.48. The van der Waals surface area contributed by atoms with Gasteiger partial charge in [-0.2, -0.15) is 0 Å². The number of nitrogen functional groups attached to an aromatic ring is 1. The molecule has 1 aliphatic rings. The summed E-state index contributed by atoms with van der Waals surface area (Å²) in [6.45, 7) is 3.16. The third-order valence-corrected chi connectivity index (χ3v) is 4.02. The van der Waals surface area contributed by atoms with E-state index in [1.807, 2.05) is 0 Å². The van der Waals surface area contributed by atoms with E-state index in [9.17, 15) is 4.39 Å². The molecule has 0 radical (unpaired) electrons. The lowest BCUT2D eigenvalue weighted by atomic mass is 10.1. The van der Waals surface area contributed by atoms with Crippen molar-refractivity contribution < 1.29 is 4.39 Å². The van der Waals surface area contributed by atoms with Gasteiger partial charge in [-0.15, -0.1) is 0 Å². The van der Waals surface area contributed by atoms with Gasteiger partial charge in [0.05, 0.1) is 16.4 Å². The van der Waals surface area contributed by atoms with E-state index in [0.717, 1.165) is 25.1 Å². The molecule has 0 bridgehead atoms. The molecule has 1 saturated heterocycles. The molecule has 0 aliphatic carbocycles. The number of hydrogen-bond acceptors (Lipinski definition) is 2. The van der Waals surface area contributed by atoms with Gasteiger partial charge in [-0.05, 0) is 25.3 Å². The Morgan fingerprint density at radius 3 is 2.89 bits per heavy atom. The summed E-state index contributed by atoms with van der Waals surface area (Å²) in [5.74, 6) is -0.444. The lowest BCUT2D eigenvalue weighted by Crippen LogP contribution is -2.34. The zero-order chi connectivity index (χ0) is 13.1. The molecule has 1 aliphatic heterocycles. The van der Waals surface area contributed by atoms with E-state index in [1.165, 1.54) is 25.3 Å². The average Bonchev–Trinajstić information content (AvgIpc) is 2.58. The molecule has 0 spiro atoms. The fraction of sp³-hybridized carbons (Fsp3) is 0.571. The van der Waals surface area contributed by atoms with Crippen molar-refractivity contribution in [1.29, 1.82) is 0 Å². The van der Waals surface area contributed by atoms with Gasteiger partial charge >= 0.3 is 0 Å². The molecule has 4 heteroatoms. The number of rotatable bonds is 2. The molecule has 0 aromatic heterocycles. The molecule has 1 aromatic rings. The van der Waals surface area contributed by atoms with Crippen LogP contribution in [0.25, 0.3) is 0 Å². The van der Waals surface area contributed by atoms with Gasteiger partial charge in [0.15, 0.2) is 0 Å². The normalized spacial score (nSPS) is 20.8. The molecular formula is C14H20ClFN2. The highest BCUT2D eigenvalue weighted by Gasteiger charge is 2.22. The Bertz CT molecular complexity index is 423. The van der Waals surface area contributed by atoms with Crippen molar-refractivity contribution >= 4 is 23.0 Å². The van der Waals surface area contributed by atoms with E-state index < -0.39 is 5.82 Å². The summed E-state index contributed by atoms with van der Waals surface area (Å²) in [7, 11) is 0. The molecule has 18 heavy (non-hydrogen) atoms. The van der Waals surface area contributed by atoms with Crippen LogP contribution < -0.4 is 10.6 Å². The van der Waals surface area contributed by atoms with Gasteiger partial charge in [0.2, 0.25) is 0 Å². The molecule has 1 aromatic carbocycles. The van der Waals surface area contributed by atoms with Crippen molar-refractivity contribution in [3.05, 3.63) is 23.0 Å². The van der Waals surface area contributed by atoms with E-state index in [2.05, 4.69) is 11.8 Å². The second-order valence-electron chi connectivity index (χ2n) is 4.93. The maximum atomic E-state index is 13.4. The molecule has 1 heterocycles. The maximum Gasteiger partial charge on any atom is 0.143 e. The van der Waals surface area contributed by atoms with Gasteiger partial charge in [0.25, 0.3) is 0 Å². The van der Waals surface area contributed by atoms with Crippen LogP contribution >= 0.6 is 11.6 Å². The van der Waals surface area contributed by atoms with Gasteiger partial charge < -0.3 is 10.6 Å². The quantitative estimate of drug-likeness (QED) is 0.816. The number of nitrogens with two attached hydrogens (primary N) is 1. The van der Waals surface area contributed by atoms with E-state index in [4.69, 9.17) is 17.3 Å². The number of anilines is 2. The Labute approximate surface area is 113 Å². The highest BCUT2D eigenvalue weighted by atomic mass is 35.5. The molecule has 1 unspecified atom stereocenters. The van der Waals surface area contributed by atoms with Crippen molar-refractivity contribution in [2.45, 2.75) is 45.1 Å². The second kappa shape index (κ2) is 5.79. The fourth-order valence-corrected chi connectivity index (χ4v) is 2.88. The molecule has 0 amide bonds. The van der Waals surface area contributed by atoms with Crippen LogP contribution in [0.2, 0.25) is 5.02 Å². The third-order valence-electron chi connectivity index (χ3n) is 3.73. The summed E-state index contributed by atoms with van der Waals surface area (Å²) < 4.78 is 13.4. The topological polar surface area (TPSA) is 29.3 Å². The van der Waals surface area contributed by atoms with Crippen LogP contribution in [0.5, 0.6) is 0 Å². The van der Waals surface area contributed by atoms with Gasteiger partial charge in [0, 0.05) is 18.7 Å². The zero-order valence-electron chi connectivity index (χ0n) is 10.8. The molecule has 2 nitrogen and oxygen atoms in total. The number of nitrogens with zero attached hydrogens (tertiary/aromatic N) is 1. The summed E-state index contributed by atoms with van der Waals surface area (Å²) in [4.78, 5) is 2.30. The lowest BCUT2D eigenvalue weighted by Gasteiger charge is -2.32. The molecule has 2 rings (SSSR count). The van der Waals surface area contributed by atoms with Crippen LogP contribution in [0.1, 0.15) is 39.0 Å². The van der Waals surface area contributed by atoms with Crippen molar-refractivity contribution in [2.75, 3.05) is 17.2 Å². The van der Waals surface area contributed by atoms with Crippen molar-refractivity contribution in [3.8, 4) is 0 Å². The van der Waals surface area contributed by atoms with Crippen LogP contribution in [0.4, 0.5) is 15.8 Å². The minimum atomic E-state index is -0.444. The van der Waals surface area contributed by atoms with Crippen LogP contribution in [-0.2, 0) is 0 Å². The van der Waals surface area contributed by atoms with E-state index in [1.54, 1.807) is 6.07 Å². The highest BCUT2D eigenvalue weighted by Crippen LogP contribution is 2.33. The predicted octanol–water partition coefficient (Wildman–Crippen LogP) is 4.22. The SMILES string of the molecule is CCC1CCCCCN1c1cc(Cl)c(F)cc1N. The summed E-state index contributed by atoms with van der Waals surface area (Å²) >= 11 is 5.88. The Morgan fingerprint density at radius 1 is 1.39 bits per heavy atom. The summed E-state index contributed by atoms with van der Waals surface area (Å²) in [5, 5.41) is 0.151. The van der Waals surface area contributed by atoms with Gasteiger partial charge in [-0.1, -0.05) is 31.4 Å². The maximum absolute atomic E-state index is 13.4. The molecular weight excluding hydrogens is 251 g/mol. The Balaban J connectivity index is 2.35. The van der Waals surface area contributed by atoms with E-state index in [-0.39, 0.29) is 5.02 Å². The number of halogens is 2.